The summed E-state index contributed by atoms with van der Waals surface area (Å²) in [7, 11) is 1.14. The van der Waals surface area contributed by atoms with Crippen molar-refractivity contribution in [3.63, 3.8) is 0 Å². The number of aromatic hydroxyl groups is 1. The SMILES string of the molecule is COC(=O)c1c(O)n(OCc2ccccc2)c(=O)c2cc(F)ccc12. The molecule has 1 heterocycles. The molecule has 7 heteroatoms. The van der Waals surface area contributed by atoms with Gasteiger partial charge in [0.1, 0.15) is 18.0 Å². The van der Waals surface area contributed by atoms with Crippen LogP contribution in [0.3, 0.4) is 0 Å². The Labute approximate surface area is 141 Å². The zero-order valence-electron chi connectivity index (χ0n) is 13.2. The summed E-state index contributed by atoms with van der Waals surface area (Å²) in [5.74, 6) is -2.22. The van der Waals surface area contributed by atoms with E-state index in [-0.39, 0.29) is 22.9 Å². The van der Waals surface area contributed by atoms with Crippen molar-refractivity contribution >= 4 is 16.7 Å². The first kappa shape index (κ1) is 16.5. The maximum Gasteiger partial charge on any atom is 0.344 e. The number of halogens is 1. The molecule has 0 aliphatic carbocycles. The lowest BCUT2D eigenvalue weighted by Gasteiger charge is -2.15. The van der Waals surface area contributed by atoms with E-state index in [1.165, 1.54) is 6.07 Å². The Balaban J connectivity index is 2.17. The highest BCUT2D eigenvalue weighted by Crippen LogP contribution is 2.25. The quantitative estimate of drug-likeness (QED) is 0.735. The molecule has 0 spiro atoms. The molecule has 0 saturated heterocycles. The number of ether oxygens (including phenoxy) is 1. The zero-order chi connectivity index (χ0) is 18.0. The molecule has 25 heavy (non-hydrogen) atoms. The van der Waals surface area contributed by atoms with Crippen LogP contribution in [0.4, 0.5) is 4.39 Å². The molecule has 0 saturated carbocycles. The number of methoxy groups -OCH3 is 1. The van der Waals surface area contributed by atoms with Crippen molar-refractivity contribution in [2.45, 2.75) is 6.61 Å². The predicted molar refractivity (Wildman–Crippen MR) is 87.9 cm³/mol. The molecule has 0 fully saturated rings. The Morgan fingerprint density at radius 2 is 1.88 bits per heavy atom. The number of rotatable bonds is 4. The van der Waals surface area contributed by atoms with E-state index in [4.69, 9.17) is 4.84 Å². The summed E-state index contributed by atoms with van der Waals surface area (Å²) in [6.07, 6.45) is 0. The summed E-state index contributed by atoms with van der Waals surface area (Å²) >= 11 is 0. The van der Waals surface area contributed by atoms with Gasteiger partial charge in [-0.15, -0.1) is 4.73 Å². The van der Waals surface area contributed by atoms with Gasteiger partial charge in [-0.05, 0) is 17.7 Å². The lowest BCUT2D eigenvalue weighted by Crippen LogP contribution is -2.28. The highest BCUT2D eigenvalue weighted by molar-refractivity contribution is 6.06. The molecule has 6 nitrogen and oxygen atoms in total. The number of carbonyl (C=O) groups excluding carboxylic acids is 1. The topological polar surface area (TPSA) is 77.8 Å². The molecule has 1 N–H and O–H groups in total. The van der Waals surface area contributed by atoms with Crippen LogP contribution in [0.5, 0.6) is 5.88 Å². The van der Waals surface area contributed by atoms with Gasteiger partial charge in [-0.2, -0.15) is 0 Å². The number of fused-ring (bicyclic) bond motifs is 1. The smallest absolute Gasteiger partial charge is 0.344 e. The maximum atomic E-state index is 13.5. The van der Waals surface area contributed by atoms with Gasteiger partial charge in [0.25, 0.3) is 5.56 Å². The first-order valence-corrected chi connectivity index (χ1v) is 7.35. The fourth-order valence-electron chi connectivity index (χ4n) is 2.48. The summed E-state index contributed by atoms with van der Waals surface area (Å²) in [5.41, 5.74) is -0.312. The average molecular weight is 343 g/mol. The van der Waals surface area contributed by atoms with Gasteiger partial charge in [-0.25, -0.2) is 9.18 Å². The molecule has 0 bridgehead atoms. The number of pyridine rings is 1. The van der Waals surface area contributed by atoms with Crippen LogP contribution in [0.15, 0.2) is 53.3 Å². The van der Waals surface area contributed by atoms with Gasteiger partial charge in [0, 0.05) is 5.39 Å². The van der Waals surface area contributed by atoms with Crippen molar-refractivity contribution in [1.82, 2.24) is 4.73 Å². The second-order valence-corrected chi connectivity index (χ2v) is 5.24. The molecule has 2 aromatic carbocycles. The van der Waals surface area contributed by atoms with Gasteiger partial charge < -0.3 is 14.7 Å². The third-order valence-corrected chi connectivity index (χ3v) is 3.67. The number of hydrogen-bond acceptors (Lipinski definition) is 5. The third-order valence-electron chi connectivity index (χ3n) is 3.67. The van der Waals surface area contributed by atoms with E-state index in [0.717, 1.165) is 24.8 Å². The molecule has 0 atom stereocenters. The molecular weight excluding hydrogens is 329 g/mol. The van der Waals surface area contributed by atoms with E-state index in [1.807, 2.05) is 6.07 Å². The monoisotopic (exact) mass is 343 g/mol. The molecular formula is C18H14FNO5. The molecule has 0 amide bonds. The van der Waals surface area contributed by atoms with E-state index < -0.39 is 23.2 Å². The number of esters is 1. The maximum absolute atomic E-state index is 13.5. The van der Waals surface area contributed by atoms with Crippen LogP contribution in [0.1, 0.15) is 15.9 Å². The molecule has 128 valence electrons. The van der Waals surface area contributed by atoms with Crippen molar-refractivity contribution in [1.29, 1.82) is 0 Å². The average Bonchev–Trinajstić information content (AvgIpc) is 2.63. The lowest BCUT2D eigenvalue weighted by atomic mass is 10.1. The van der Waals surface area contributed by atoms with Crippen LogP contribution in [0.25, 0.3) is 10.8 Å². The van der Waals surface area contributed by atoms with Gasteiger partial charge in [-0.1, -0.05) is 36.4 Å². The summed E-state index contributed by atoms with van der Waals surface area (Å²) in [4.78, 5) is 29.9. The fraction of sp³-hybridized carbons (Fsp3) is 0.111. The van der Waals surface area contributed by atoms with Gasteiger partial charge in [0.15, 0.2) is 0 Å². The Kier molecular flexibility index (Phi) is 4.38. The minimum atomic E-state index is -0.869. The van der Waals surface area contributed by atoms with Gasteiger partial charge in [-0.3, -0.25) is 4.79 Å². The summed E-state index contributed by atoms with van der Waals surface area (Å²) in [5, 5.41) is 10.3. The van der Waals surface area contributed by atoms with Crippen LogP contribution in [0, 0.1) is 5.82 Å². The highest BCUT2D eigenvalue weighted by Gasteiger charge is 2.23. The van der Waals surface area contributed by atoms with E-state index in [0.29, 0.717) is 4.73 Å². The van der Waals surface area contributed by atoms with Crippen molar-refractivity contribution in [3.05, 3.63) is 75.8 Å². The Bertz CT molecular complexity index is 998. The third kappa shape index (κ3) is 3.03. The van der Waals surface area contributed by atoms with Crippen LogP contribution < -0.4 is 10.4 Å². The zero-order valence-corrected chi connectivity index (χ0v) is 13.2. The Hall–Kier alpha value is -3.35. The predicted octanol–water partition coefficient (Wildman–Crippen LogP) is 2.26. The molecule has 0 radical (unpaired) electrons. The van der Waals surface area contributed by atoms with Crippen LogP contribution in [-0.4, -0.2) is 22.9 Å². The summed E-state index contributed by atoms with van der Waals surface area (Å²) in [6.45, 7) is -0.0320. The van der Waals surface area contributed by atoms with Gasteiger partial charge in [0.2, 0.25) is 5.88 Å². The fourth-order valence-corrected chi connectivity index (χ4v) is 2.48. The van der Waals surface area contributed by atoms with Gasteiger partial charge in [0.05, 0.1) is 12.5 Å². The largest absolute Gasteiger partial charge is 0.492 e. The van der Waals surface area contributed by atoms with Crippen LogP contribution >= 0.6 is 0 Å². The number of benzene rings is 2. The van der Waals surface area contributed by atoms with E-state index in [2.05, 4.69) is 4.74 Å². The normalized spacial score (nSPS) is 10.6. The van der Waals surface area contributed by atoms with Gasteiger partial charge >= 0.3 is 5.97 Å². The second kappa shape index (κ2) is 6.64. The Morgan fingerprint density at radius 3 is 2.56 bits per heavy atom. The second-order valence-electron chi connectivity index (χ2n) is 5.24. The number of aromatic nitrogens is 1. The molecule has 1 aromatic heterocycles. The van der Waals surface area contributed by atoms with Crippen molar-refractivity contribution in [2.75, 3.05) is 7.11 Å². The molecule has 0 unspecified atom stereocenters. The van der Waals surface area contributed by atoms with Crippen molar-refractivity contribution in [3.8, 4) is 5.88 Å². The number of hydrogen-bond donors (Lipinski definition) is 1. The first-order chi connectivity index (χ1) is 12.0. The number of carbonyl (C=O) groups is 1. The minimum Gasteiger partial charge on any atom is -0.492 e. The van der Waals surface area contributed by atoms with Crippen molar-refractivity contribution < 1.29 is 23.9 Å². The van der Waals surface area contributed by atoms with Crippen molar-refractivity contribution in [2.24, 2.45) is 0 Å². The lowest BCUT2D eigenvalue weighted by molar-refractivity contribution is 0.0553. The Morgan fingerprint density at radius 1 is 1.16 bits per heavy atom. The van der Waals surface area contributed by atoms with Crippen LogP contribution in [0.2, 0.25) is 0 Å². The molecule has 3 aromatic rings. The molecule has 0 aliphatic heterocycles. The molecule has 0 aliphatic rings. The number of nitrogens with zero attached hydrogens (tertiary/aromatic N) is 1. The van der Waals surface area contributed by atoms with E-state index >= 15 is 0 Å². The van der Waals surface area contributed by atoms with Crippen LogP contribution in [-0.2, 0) is 11.3 Å². The summed E-state index contributed by atoms with van der Waals surface area (Å²) < 4.78 is 18.8. The minimum absolute atomic E-state index is 0.0320. The first-order valence-electron chi connectivity index (χ1n) is 7.35. The van der Waals surface area contributed by atoms with E-state index in [9.17, 15) is 19.1 Å². The standard InChI is InChI=1S/C18H14FNO5/c1-24-18(23)15-13-8-7-12(19)9-14(13)16(21)20(17(15)22)25-10-11-5-3-2-4-6-11/h2-9,22H,10H2,1H3. The summed E-state index contributed by atoms with van der Waals surface area (Å²) in [6, 6.07) is 12.2. The van der Waals surface area contributed by atoms with E-state index in [1.54, 1.807) is 24.3 Å². The molecule has 3 rings (SSSR count). The highest BCUT2D eigenvalue weighted by atomic mass is 19.1.